The third-order valence-electron chi connectivity index (χ3n) is 4.15. The maximum Gasteiger partial charge on any atom is 0.322 e. The molecule has 0 aliphatic carbocycles. The van der Waals surface area contributed by atoms with Gasteiger partial charge in [0.1, 0.15) is 11.5 Å². The standard InChI is InChI=1S/C21H22N2O3/c1-2-16-7-5-9-18(13-16)22-21(25)23(15-19-10-6-12-26-19)14-17-8-3-4-11-20(17)24/h3-13,24H,2,14-15H2,1H3,(H,22,25). The highest BCUT2D eigenvalue weighted by atomic mass is 16.3. The highest BCUT2D eigenvalue weighted by Crippen LogP contribution is 2.20. The predicted molar refractivity (Wildman–Crippen MR) is 101 cm³/mol. The fourth-order valence-corrected chi connectivity index (χ4v) is 2.71. The van der Waals surface area contributed by atoms with Gasteiger partial charge in [-0.2, -0.15) is 0 Å². The molecule has 3 aromatic rings. The Labute approximate surface area is 152 Å². The zero-order valence-corrected chi connectivity index (χ0v) is 14.7. The molecular weight excluding hydrogens is 328 g/mol. The average molecular weight is 350 g/mol. The van der Waals surface area contributed by atoms with Crippen LogP contribution in [-0.2, 0) is 19.5 Å². The molecule has 0 unspecified atom stereocenters. The van der Waals surface area contributed by atoms with Gasteiger partial charge in [-0.25, -0.2) is 4.79 Å². The van der Waals surface area contributed by atoms with Crippen LogP contribution in [-0.4, -0.2) is 16.0 Å². The number of aromatic hydroxyl groups is 1. The number of carbonyl (C=O) groups is 1. The number of amides is 2. The Hall–Kier alpha value is -3.21. The van der Waals surface area contributed by atoms with Crippen LogP contribution >= 0.6 is 0 Å². The molecule has 26 heavy (non-hydrogen) atoms. The molecule has 0 atom stereocenters. The normalized spacial score (nSPS) is 10.5. The molecule has 0 radical (unpaired) electrons. The Bertz CT molecular complexity index is 859. The van der Waals surface area contributed by atoms with E-state index in [0.29, 0.717) is 17.9 Å². The van der Waals surface area contributed by atoms with Gasteiger partial charge in [-0.05, 0) is 42.3 Å². The van der Waals surface area contributed by atoms with Crippen LogP contribution in [0.15, 0.2) is 71.3 Å². The van der Waals surface area contributed by atoms with E-state index in [4.69, 9.17) is 4.42 Å². The molecule has 5 nitrogen and oxygen atoms in total. The van der Waals surface area contributed by atoms with Crippen molar-refractivity contribution in [1.82, 2.24) is 4.90 Å². The average Bonchev–Trinajstić information content (AvgIpc) is 3.16. The Morgan fingerprint density at radius 3 is 2.65 bits per heavy atom. The lowest BCUT2D eigenvalue weighted by Gasteiger charge is -2.23. The van der Waals surface area contributed by atoms with Gasteiger partial charge in [-0.15, -0.1) is 0 Å². The van der Waals surface area contributed by atoms with E-state index < -0.39 is 0 Å². The quantitative estimate of drug-likeness (QED) is 0.672. The number of anilines is 1. The van der Waals surface area contributed by atoms with Crippen LogP contribution in [0.3, 0.4) is 0 Å². The first-order valence-corrected chi connectivity index (χ1v) is 8.60. The summed E-state index contributed by atoms with van der Waals surface area (Å²) in [5, 5.41) is 13.0. The third kappa shape index (κ3) is 4.45. The summed E-state index contributed by atoms with van der Waals surface area (Å²) in [4.78, 5) is 14.4. The number of phenols is 1. The van der Waals surface area contributed by atoms with Crippen LogP contribution in [0.4, 0.5) is 10.5 Å². The van der Waals surface area contributed by atoms with Crippen LogP contribution in [0.5, 0.6) is 5.75 Å². The van der Waals surface area contributed by atoms with Gasteiger partial charge in [-0.1, -0.05) is 37.3 Å². The molecule has 0 aliphatic rings. The number of hydrogen-bond donors (Lipinski definition) is 2. The summed E-state index contributed by atoms with van der Waals surface area (Å²) in [6, 6.07) is 18.1. The first kappa shape index (κ1) is 17.6. The first-order valence-electron chi connectivity index (χ1n) is 8.60. The largest absolute Gasteiger partial charge is 0.508 e. The summed E-state index contributed by atoms with van der Waals surface area (Å²) >= 11 is 0. The number of para-hydroxylation sites is 1. The van der Waals surface area contributed by atoms with Crippen LogP contribution < -0.4 is 5.32 Å². The molecule has 2 amide bonds. The van der Waals surface area contributed by atoms with Crippen molar-refractivity contribution in [2.45, 2.75) is 26.4 Å². The number of nitrogens with one attached hydrogen (secondary N) is 1. The maximum atomic E-state index is 12.8. The molecular formula is C21H22N2O3. The maximum absolute atomic E-state index is 12.8. The zero-order valence-electron chi connectivity index (χ0n) is 14.7. The van der Waals surface area contributed by atoms with E-state index in [1.165, 1.54) is 0 Å². The second-order valence-corrected chi connectivity index (χ2v) is 6.05. The molecule has 0 saturated heterocycles. The monoisotopic (exact) mass is 350 g/mol. The molecule has 1 aromatic heterocycles. The number of aryl methyl sites for hydroxylation is 1. The number of carbonyl (C=O) groups excluding carboxylic acids is 1. The second-order valence-electron chi connectivity index (χ2n) is 6.05. The van der Waals surface area contributed by atoms with E-state index in [1.807, 2.05) is 36.4 Å². The minimum absolute atomic E-state index is 0.165. The molecule has 1 heterocycles. The van der Waals surface area contributed by atoms with E-state index in [1.54, 1.807) is 35.4 Å². The number of urea groups is 1. The third-order valence-corrected chi connectivity index (χ3v) is 4.15. The molecule has 134 valence electrons. The number of benzene rings is 2. The van der Waals surface area contributed by atoms with Crippen molar-refractivity contribution >= 4 is 11.7 Å². The van der Waals surface area contributed by atoms with Gasteiger partial charge in [0.15, 0.2) is 0 Å². The first-order chi connectivity index (χ1) is 12.7. The predicted octanol–water partition coefficient (Wildman–Crippen LogP) is 4.78. The zero-order chi connectivity index (χ0) is 18.4. The molecule has 0 fully saturated rings. The van der Waals surface area contributed by atoms with Gasteiger partial charge in [0.25, 0.3) is 0 Å². The van der Waals surface area contributed by atoms with Gasteiger partial charge in [0.05, 0.1) is 19.4 Å². The fourth-order valence-electron chi connectivity index (χ4n) is 2.71. The number of rotatable bonds is 6. The van der Waals surface area contributed by atoms with Crippen LogP contribution in [0.2, 0.25) is 0 Å². The Balaban J connectivity index is 1.79. The number of furan rings is 1. The van der Waals surface area contributed by atoms with E-state index in [9.17, 15) is 9.90 Å². The molecule has 0 bridgehead atoms. The molecule has 0 spiro atoms. The Morgan fingerprint density at radius 1 is 1.08 bits per heavy atom. The van der Waals surface area contributed by atoms with Gasteiger partial charge < -0.3 is 19.7 Å². The second kappa shape index (κ2) is 8.25. The van der Waals surface area contributed by atoms with Crippen molar-refractivity contribution in [3.05, 3.63) is 83.8 Å². The summed E-state index contributed by atoms with van der Waals surface area (Å²) in [5.41, 5.74) is 2.58. The SMILES string of the molecule is CCc1cccc(NC(=O)N(Cc2ccco2)Cc2ccccc2O)c1. The minimum Gasteiger partial charge on any atom is -0.508 e. The van der Waals surface area contributed by atoms with E-state index in [2.05, 4.69) is 12.2 Å². The smallest absolute Gasteiger partial charge is 0.322 e. The van der Waals surface area contributed by atoms with Crippen LogP contribution in [0, 0.1) is 0 Å². The van der Waals surface area contributed by atoms with Crippen molar-refractivity contribution in [2.24, 2.45) is 0 Å². The highest BCUT2D eigenvalue weighted by molar-refractivity contribution is 5.89. The Kier molecular flexibility index (Phi) is 5.59. The Morgan fingerprint density at radius 2 is 1.92 bits per heavy atom. The van der Waals surface area contributed by atoms with E-state index in [0.717, 1.165) is 17.7 Å². The minimum atomic E-state index is -0.252. The van der Waals surface area contributed by atoms with Crippen molar-refractivity contribution in [3.63, 3.8) is 0 Å². The molecule has 3 rings (SSSR count). The van der Waals surface area contributed by atoms with Crippen LogP contribution in [0.1, 0.15) is 23.8 Å². The topological polar surface area (TPSA) is 65.7 Å². The summed E-state index contributed by atoms with van der Waals surface area (Å²) in [6.07, 6.45) is 2.48. The van der Waals surface area contributed by atoms with Gasteiger partial charge in [0, 0.05) is 11.3 Å². The van der Waals surface area contributed by atoms with Crippen molar-refractivity contribution in [2.75, 3.05) is 5.32 Å². The number of hydrogen-bond acceptors (Lipinski definition) is 3. The lowest BCUT2D eigenvalue weighted by atomic mass is 10.1. The van der Waals surface area contributed by atoms with E-state index >= 15 is 0 Å². The summed E-state index contributed by atoms with van der Waals surface area (Å²) < 4.78 is 5.38. The summed E-state index contributed by atoms with van der Waals surface area (Å²) in [5.74, 6) is 0.843. The molecule has 2 aromatic carbocycles. The molecule has 5 heteroatoms. The lowest BCUT2D eigenvalue weighted by molar-refractivity contribution is 0.200. The number of phenolic OH excluding ortho intramolecular Hbond substituents is 1. The molecule has 0 saturated carbocycles. The summed E-state index contributed by atoms with van der Waals surface area (Å²) in [7, 11) is 0. The van der Waals surface area contributed by atoms with E-state index in [-0.39, 0.29) is 18.3 Å². The fraction of sp³-hybridized carbons (Fsp3) is 0.190. The lowest BCUT2D eigenvalue weighted by Crippen LogP contribution is -2.34. The van der Waals surface area contributed by atoms with Crippen LogP contribution in [0.25, 0.3) is 0 Å². The highest BCUT2D eigenvalue weighted by Gasteiger charge is 2.17. The van der Waals surface area contributed by atoms with Gasteiger partial charge in [0.2, 0.25) is 0 Å². The van der Waals surface area contributed by atoms with Gasteiger partial charge in [-0.3, -0.25) is 0 Å². The molecule has 2 N–H and O–H groups in total. The number of nitrogens with zero attached hydrogens (tertiary/aromatic N) is 1. The van der Waals surface area contributed by atoms with Crippen molar-refractivity contribution in [3.8, 4) is 5.75 Å². The van der Waals surface area contributed by atoms with Gasteiger partial charge >= 0.3 is 6.03 Å². The molecule has 0 aliphatic heterocycles. The summed E-state index contributed by atoms with van der Waals surface area (Å²) in [6.45, 7) is 2.65. The van der Waals surface area contributed by atoms with Crippen molar-refractivity contribution in [1.29, 1.82) is 0 Å². The van der Waals surface area contributed by atoms with Crippen molar-refractivity contribution < 1.29 is 14.3 Å².